The van der Waals surface area contributed by atoms with Gasteiger partial charge in [-0.1, -0.05) is 18.2 Å². The molecule has 0 aliphatic rings. The van der Waals surface area contributed by atoms with Crippen LogP contribution in [0, 0.1) is 18.3 Å². The molecule has 1 aromatic carbocycles. The summed E-state index contributed by atoms with van der Waals surface area (Å²) in [5.74, 6) is 0. The number of thiazole rings is 1. The lowest BCUT2D eigenvalue weighted by atomic mass is 10.2. The maximum Gasteiger partial charge on any atom is 0.135 e. The number of hydrogen-bond acceptors (Lipinski definition) is 5. The van der Waals surface area contributed by atoms with Crippen LogP contribution in [0.25, 0.3) is 5.57 Å². The highest BCUT2D eigenvalue weighted by atomic mass is 32.1. The first-order valence-corrected chi connectivity index (χ1v) is 6.60. The summed E-state index contributed by atoms with van der Waals surface area (Å²) in [5.41, 5.74) is 2.94. The standard InChI is InChI=1S/C14H13N3OS/c1-10-9-19-14(17-10)12(6-15)7-16-13-5-3-2-4-11(13)8-18/h2-5,7,9,16,18H,8H2,1H3/b12-7+. The molecular formula is C14H13N3OS. The van der Waals surface area contributed by atoms with Crippen molar-refractivity contribution in [3.05, 3.63) is 52.1 Å². The third-order valence-corrected chi connectivity index (χ3v) is 3.52. The third kappa shape index (κ3) is 3.19. The molecule has 4 nitrogen and oxygen atoms in total. The molecule has 0 spiro atoms. The fourth-order valence-electron chi connectivity index (χ4n) is 1.57. The summed E-state index contributed by atoms with van der Waals surface area (Å²) < 4.78 is 0. The first-order valence-electron chi connectivity index (χ1n) is 5.72. The zero-order valence-corrected chi connectivity index (χ0v) is 11.2. The summed E-state index contributed by atoms with van der Waals surface area (Å²) in [6.07, 6.45) is 1.62. The van der Waals surface area contributed by atoms with Gasteiger partial charge in [0, 0.05) is 28.5 Å². The zero-order valence-electron chi connectivity index (χ0n) is 10.4. The number of nitriles is 1. The average Bonchev–Trinajstić information content (AvgIpc) is 2.86. The van der Waals surface area contributed by atoms with Crippen LogP contribution in [0.3, 0.4) is 0 Å². The van der Waals surface area contributed by atoms with Crippen molar-refractivity contribution in [2.24, 2.45) is 0 Å². The van der Waals surface area contributed by atoms with Crippen LogP contribution in [-0.4, -0.2) is 10.1 Å². The Morgan fingerprint density at radius 3 is 2.95 bits per heavy atom. The second kappa shape index (κ2) is 6.14. The van der Waals surface area contributed by atoms with Crippen LogP contribution in [-0.2, 0) is 6.61 Å². The predicted molar refractivity (Wildman–Crippen MR) is 76.4 cm³/mol. The Morgan fingerprint density at radius 1 is 1.53 bits per heavy atom. The molecule has 2 rings (SSSR count). The minimum atomic E-state index is -0.0464. The van der Waals surface area contributed by atoms with Gasteiger partial charge in [0.15, 0.2) is 0 Å². The van der Waals surface area contributed by atoms with E-state index in [0.717, 1.165) is 16.9 Å². The van der Waals surface area contributed by atoms with Crippen molar-refractivity contribution >= 4 is 22.6 Å². The maximum absolute atomic E-state index is 9.23. The second-order valence-corrected chi connectivity index (χ2v) is 4.78. The molecule has 2 N–H and O–H groups in total. The first kappa shape index (κ1) is 13.3. The molecule has 0 fully saturated rings. The highest BCUT2D eigenvalue weighted by Crippen LogP contribution is 2.20. The van der Waals surface area contributed by atoms with Crippen LogP contribution in [0.2, 0.25) is 0 Å². The van der Waals surface area contributed by atoms with Crippen LogP contribution in [0.5, 0.6) is 0 Å². The van der Waals surface area contributed by atoms with Crippen molar-refractivity contribution in [3.8, 4) is 6.07 Å². The van der Waals surface area contributed by atoms with Gasteiger partial charge in [0.2, 0.25) is 0 Å². The fraction of sp³-hybridized carbons (Fsp3) is 0.143. The van der Waals surface area contributed by atoms with Crippen molar-refractivity contribution in [2.45, 2.75) is 13.5 Å². The Kier molecular flexibility index (Phi) is 4.29. The molecule has 2 aromatic rings. The monoisotopic (exact) mass is 271 g/mol. The molecule has 0 atom stereocenters. The molecule has 5 heteroatoms. The number of anilines is 1. The summed E-state index contributed by atoms with van der Waals surface area (Å²) in [6.45, 7) is 1.85. The Bertz CT molecular complexity index is 640. The van der Waals surface area contributed by atoms with Gasteiger partial charge in [-0.3, -0.25) is 0 Å². The summed E-state index contributed by atoms with van der Waals surface area (Å²) in [6, 6.07) is 9.53. The number of allylic oxidation sites excluding steroid dienone is 1. The quantitative estimate of drug-likeness (QED) is 0.839. The number of benzene rings is 1. The smallest absolute Gasteiger partial charge is 0.135 e. The molecule has 1 aromatic heterocycles. The van der Waals surface area contributed by atoms with E-state index in [1.165, 1.54) is 11.3 Å². The van der Waals surface area contributed by atoms with E-state index in [2.05, 4.69) is 16.4 Å². The number of aliphatic hydroxyl groups is 1. The SMILES string of the molecule is Cc1csc(/C(C#N)=C/Nc2ccccc2CO)n1. The Morgan fingerprint density at radius 2 is 2.32 bits per heavy atom. The zero-order chi connectivity index (χ0) is 13.7. The number of rotatable bonds is 4. The first-order chi connectivity index (χ1) is 9.24. The van der Waals surface area contributed by atoms with E-state index in [0.29, 0.717) is 10.6 Å². The molecule has 0 radical (unpaired) electrons. The Labute approximate surface area is 115 Å². The number of aryl methyl sites for hydroxylation is 1. The van der Waals surface area contributed by atoms with Crippen molar-refractivity contribution in [2.75, 3.05) is 5.32 Å². The number of hydrogen-bond donors (Lipinski definition) is 2. The van der Waals surface area contributed by atoms with E-state index in [9.17, 15) is 5.11 Å². The van der Waals surface area contributed by atoms with Gasteiger partial charge in [-0.15, -0.1) is 11.3 Å². The van der Waals surface area contributed by atoms with Crippen molar-refractivity contribution in [3.63, 3.8) is 0 Å². The summed E-state index contributed by atoms with van der Waals surface area (Å²) in [7, 11) is 0. The van der Waals surface area contributed by atoms with Gasteiger partial charge in [0.25, 0.3) is 0 Å². The third-order valence-electron chi connectivity index (χ3n) is 2.53. The Hall–Kier alpha value is -2.16. The van der Waals surface area contributed by atoms with Crippen molar-refractivity contribution in [1.29, 1.82) is 5.26 Å². The van der Waals surface area contributed by atoms with Gasteiger partial charge in [-0.05, 0) is 13.0 Å². The van der Waals surface area contributed by atoms with Crippen molar-refractivity contribution < 1.29 is 5.11 Å². The largest absolute Gasteiger partial charge is 0.392 e. The molecule has 0 bridgehead atoms. The minimum Gasteiger partial charge on any atom is -0.392 e. The van der Waals surface area contributed by atoms with Crippen LogP contribution < -0.4 is 5.32 Å². The highest BCUT2D eigenvalue weighted by Gasteiger charge is 2.05. The predicted octanol–water partition coefficient (Wildman–Crippen LogP) is 2.92. The van der Waals surface area contributed by atoms with Gasteiger partial charge in [0.05, 0.1) is 6.61 Å². The maximum atomic E-state index is 9.23. The minimum absolute atomic E-state index is 0.0464. The van der Waals surface area contributed by atoms with E-state index in [1.54, 1.807) is 6.20 Å². The molecule has 96 valence electrons. The normalized spacial score (nSPS) is 11.1. The number of para-hydroxylation sites is 1. The molecule has 0 saturated carbocycles. The van der Waals surface area contributed by atoms with Crippen LogP contribution >= 0.6 is 11.3 Å². The number of aromatic nitrogens is 1. The molecule has 1 heterocycles. The molecule has 0 unspecified atom stereocenters. The lowest BCUT2D eigenvalue weighted by Gasteiger charge is -2.06. The lowest BCUT2D eigenvalue weighted by Crippen LogP contribution is -1.95. The molecule has 0 amide bonds. The van der Waals surface area contributed by atoms with E-state index < -0.39 is 0 Å². The van der Waals surface area contributed by atoms with Gasteiger partial charge >= 0.3 is 0 Å². The lowest BCUT2D eigenvalue weighted by molar-refractivity contribution is 0.282. The van der Waals surface area contributed by atoms with Gasteiger partial charge < -0.3 is 10.4 Å². The van der Waals surface area contributed by atoms with E-state index >= 15 is 0 Å². The van der Waals surface area contributed by atoms with Crippen LogP contribution in [0.4, 0.5) is 5.69 Å². The molecule has 0 aliphatic heterocycles. The topological polar surface area (TPSA) is 68.9 Å². The molecule has 0 saturated heterocycles. The van der Waals surface area contributed by atoms with E-state index in [1.807, 2.05) is 36.6 Å². The number of nitrogens with zero attached hydrogens (tertiary/aromatic N) is 2. The van der Waals surface area contributed by atoms with Crippen LogP contribution in [0.15, 0.2) is 35.8 Å². The summed E-state index contributed by atoms with van der Waals surface area (Å²) in [5, 5.41) is 24.0. The van der Waals surface area contributed by atoms with Crippen LogP contribution in [0.1, 0.15) is 16.3 Å². The molecule has 19 heavy (non-hydrogen) atoms. The molecular weight excluding hydrogens is 258 g/mol. The fourth-order valence-corrected chi connectivity index (χ4v) is 2.33. The Balaban J connectivity index is 2.23. The van der Waals surface area contributed by atoms with Gasteiger partial charge in [0.1, 0.15) is 16.6 Å². The van der Waals surface area contributed by atoms with E-state index in [-0.39, 0.29) is 6.61 Å². The number of nitrogens with one attached hydrogen (secondary N) is 1. The van der Waals surface area contributed by atoms with Gasteiger partial charge in [-0.25, -0.2) is 4.98 Å². The second-order valence-electron chi connectivity index (χ2n) is 3.92. The average molecular weight is 271 g/mol. The number of aliphatic hydroxyl groups excluding tert-OH is 1. The van der Waals surface area contributed by atoms with Gasteiger partial charge in [-0.2, -0.15) is 5.26 Å². The highest BCUT2D eigenvalue weighted by molar-refractivity contribution is 7.10. The van der Waals surface area contributed by atoms with E-state index in [4.69, 9.17) is 5.26 Å². The molecule has 0 aliphatic carbocycles. The summed E-state index contributed by atoms with van der Waals surface area (Å²) >= 11 is 1.44. The summed E-state index contributed by atoms with van der Waals surface area (Å²) in [4.78, 5) is 4.28. The van der Waals surface area contributed by atoms with Crippen molar-refractivity contribution in [1.82, 2.24) is 4.98 Å².